The average Bonchev–Trinajstić information content (AvgIpc) is 2.61. The highest BCUT2D eigenvalue weighted by molar-refractivity contribution is 6.33. The van der Waals surface area contributed by atoms with E-state index in [0.717, 1.165) is 12.3 Å². The molecule has 3 rings (SSSR count). The molecule has 1 fully saturated rings. The molecule has 2 aromatic rings. The summed E-state index contributed by atoms with van der Waals surface area (Å²) in [5.41, 5.74) is -0.596. The predicted molar refractivity (Wildman–Crippen MR) is 85.4 cm³/mol. The van der Waals surface area contributed by atoms with Crippen molar-refractivity contribution in [2.75, 3.05) is 36.0 Å². The quantitative estimate of drug-likeness (QED) is 0.812. The summed E-state index contributed by atoms with van der Waals surface area (Å²) in [7, 11) is 0. The van der Waals surface area contributed by atoms with Gasteiger partial charge in [-0.05, 0) is 12.1 Å². The second-order valence-corrected chi connectivity index (χ2v) is 5.76. The fraction of sp³-hybridized carbons (Fsp3) is 0.333. The first-order valence-electron chi connectivity index (χ1n) is 7.34. The van der Waals surface area contributed by atoms with Crippen molar-refractivity contribution in [3.63, 3.8) is 0 Å². The summed E-state index contributed by atoms with van der Waals surface area (Å²) in [5, 5.41) is 9.20. The molecule has 0 radical (unpaired) electrons. The highest BCUT2D eigenvalue weighted by Crippen LogP contribution is 2.29. The summed E-state index contributed by atoms with van der Waals surface area (Å²) < 4.78 is 38.3. The summed E-state index contributed by atoms with van der Waals surface area (Å²) >= 11 is 6.15. The van der Waals surface area contributed by atoms with E-state index in [9.17, 15) is 13.2 Å². The lowest BCUT2D eigenvalue weighted by atomic mass is 10.2. The fourth-order valence-electron chi connectivity index (χ4n) is 2.50. The molecular formula is C15H12ClF3N6. The number of nitriles is 1. The minimum Gasteiger partial charge on any atom is -0.352 e. The van der Waals surface area contributed by atoms with Gasteiger partial charge < -0.3 is 9.80 Å². The van der Waals surface area contributed by atoms with Crippen molar-refractivity contribution < 1.29 is 13.2 Å². The van der Waals surface area contributed by atoms with Gasteiger partial charge in [0.15, 0.2) is 0 Å². The Hall–Kier alpha value is -2.60. The van der Waals surface area contributed by atoms with Crippen molar-refractivity contribution >= 4 is 23.4 Å². The minimum absolute atomic E-state index is 0.0494. The smallest absolute Gasteiger partial charge is 0.352 e. The molecule has 1 aliphatic heterocycles. The van der Waals surface area contributed by atoms with E-state index in [4.69, 9.17) is 16.9 Å². The molecule has 1 aliphatic rings. The Bertz CT molecular complexity index is 812. The van der Waals surface area contributed by atoms with Crippen LogP contribution in [-0.4, -0.2) is 41.1 Å². The largest absolute Gasteiger partial charge is 0.433 e. The molecule has 0 unspecified atom stereocenters. The fourth-order valence-corrected chi connectivity index (χ4v) is 2.79. The van der Waals surface area contributed by atoms with E-state index < -0.39 is 11.9 Å². The van der Waals surface area contributed by atoms with Crippen molar-refractivity contribution in [1.82, 2.24) is 15.0 Å². The average molecular weight is 369 g/mol. The standard InChI is InChI=1S/C15H12ClF3N6/c16-11-7-10(8-20)9-22-13(11)24-3-5-25(6-4-24)14-21-2-1-12(23-14)15(17,18)19/h1-2,7,9H,3-6H2. The third-order valence-corrected chi connectivity index (χ3v) is 4.02. The minimum atomic E-state index is -4.50. The maximum absolute atomic E-state index is 12.8. The Balaban J connectivity index is 1.71. The van der Waals surface area contributed by atoms with Gasteiger partial charge in [-0.3, -0.25) is 0 Å². The zero-order valence-electron chi connectivity index (χ0n) is 12.8. The Morgan fingerprint density at radius 2 is 1.80 bits per heavy atom. The summed E-state index contributed by atoms with van der Waals surface area (Å²) in [4.78, 5) is 15.3. The van der Waals surface area contributed by atoms with Crippen molar-refractivity contribution in [2.45, 2.75) is 6.18 Å². The van der Waals surface area contributed by atoms with Gasteiger partial charge in [0.25, 0.3) is 0 Å². The Kier molecular flexibility index (Phi) is 4.63. The number of pyridine rings is 1. The summed E-state index contributed by atoms with van der Waals surface area (Å²) in [6.45, 7) is 1.86. The predicted octanol–water partition coefficient (Wildman–Crippen LogP) is 2.74. The van der Waals surface area contributed by atoms with Crippen molar-refractivity contribution in [3.8, 4) is 6.07 Å². The van der Waals surface area contributed by atoms with Gasteiger partial charge >= 0.3 is 6.18 Å². The zero-order valence-corrected chi connectivity index (χ0v) is 13.6. The van der Waals surface area contributed by atoms with Crippen LogP contribution >= 0.6 is 11.6 Å². The van der Waals surface area contributed by atoms with Gasteiger partial charge in [-0.1, -0.05) is 11.6 Å². The van der Waals surface area contributed by atoms with Gasteiger partial charge in [-0.15, -0.1) is 0 Å². The van der Waals surface area contributed by atoms with Crippen LogP contribution in [0.2, 0.25) is 5.02 Å². The molecule has 0 aromatic carbocycles. The van der Waals surface area contributed by atoms with E-state index in [-0.39, 0.29) is 5.95 Å². The van der Waals surface area contributed by atoms with Gasteiger partial charge in [0.2, 0.25) is 5.95 Å². The number of piperazine rings is 1. The lowest BCUT2D eigenvalue weighted by Crippen LogP contribution is -2.47. The molecular weight excluding hydrogens is 357 g/mol. The zero-order chi connectivity index (χ0) is 18.0. The Labute approximate surface area is 146 Å². The summed E-state index contributed by atoms with van der Waals surface area (Å²) in [5.74, 6) is 0.596. The lowest BCUT2D eigenvalue weighted by Gasteiger charge is -2.35. The Morgan fingerprint density at radius 3 is 2.40 bits per heavy atom. The Morgan fingerprint density at radius 1 is 1.12 bits per heavy atom. The SMILES string of the molecule is N#Cc1cnc(N2CCN(c3nccc(C(F)(F)F)n3)CC2)c(Cl)c1. The van der Waals surface area contributed by atoms with Crippen molar-refractivity contribution in [1.29, 1.82) is 5.26 Å². The van der Waals surface area contributed by atoms with Crippen LogP contribution in [0.4, 0.5) is 24.9 Å². The van der Waals surface area contributed by atoms with Crippen LogP contribution in [0.3, 0.4) is 0 Å². The molecule has 0 N–H and O–H groups in total. The molecule has 0 bridgehead atoms. The first kappa shape index (κ1) is 17.2. The third-order valence-electron chi connectivity index (χ3n) is 3.75. The topological polar surface area (TPSA) is 68.9 Å². The molecule has 2 aromatic heterocycles. The van der Waals surface area contributed by atoms with Crippen LogP contribution in [0.1, 0.15) is 11.3 Å². The molecule has 0 amide bonds. The number of hydrogen-bond donors (Lipinski definition) is 0. The number of halogens is 4. The first-order chi connectivity index (χ1) is 11.9. The molecule has 130 valence electrons. The second kappa shape index (κ2) is 6.72. The van der Waals surface area contributed by atoms with Gasteiger partial charge in [0, 0.05) is 38.6 Å². The van der Waals surface area contributed by atoms with Crippen LogP contribution < -0.4 is 9.80 Å². The first-order valence-corrected chi connectivity index (χ1v) is 7.72. The van der Waals surface area contributed by atoms with Crippen LogP contribution in [-0.2, 0) is 6.18 Å². The second-order valence-electron chi connectivity index (χ2n) is 5.35. The lowest BCUT2D eigenvalue weighted by molar-refractivity contribution is -0.141. The molecule has 3 heterocycles. The monoisotopic (exact) mass is 368 g/mol. The molecule has 0 atom stereocenters. The highest BCUT2D eigenvalue weighted by atomic mass is 35.5. The van der Waals surface area contributed by atoms with Gasteiger partial charge in [-0.25, -0.2) is 15.0 Å². The van der Waals surface area contributed by atoms with E-state index >= 15 is 0 Å². The molecule has 25 heavy (non-hydrogen) atoms. The molecule has 1 saturated heterocycles. The van der Waals surface area contributed by atoms with Crippen molar-refractivity contribution in [2.24, 2.45) is 0 Å². The maximum atomic E-state index is 12.8. The number of nitrogens with zero attached hydrogens (tertiary/aromatic N) is 6. The van der Waals surface area contributed by atoms with Gasteiger partial charge in [-0.2, -0.15) is 18.4 Å². The van der Waals surface area contributed by atoms with Crippen LogP contribution in [0, 0.1) is 11.3 Å². The number of aromatic nitrogens is 3. The van der Waals surface area contributed by atoms with Crippen LogP contribution in [0.25, 0.3) is 0 Å². The summed E-state index contributed by atoms with van der Waals surface area (Å²) in [6, 6.07) is 4.34. The molecule has 6 nitrogen and oxygen atoms in total. The van der Waals surface area contributed by atoms with Gasteiger partial charge in [0.1, 0.15) is 17.6 Å². The van der Waals surface area contributed by atoms with Crippen LogP contribution in [0.15, 0.2) is 24.5 Å². The van der Waals surface area contributed by atoms with E-state index in [0.29, 0.717) is 42.6 Å². The van der Waals surface area contributed by atoms with E-state index in [2.05, 4.69) is 15.0 Å². The molecule has 0 aliphatic carbocycles. The maximum Gasteiger partial charge on any atom is 0.433 e. The van der Waals surface area contributed by atoms with Crippen LogP contribution in [0.5, 0.6) is 0 Å². The molecule has 0 spiro atoms. The van der Waals surface area contributed by atoms with E-state index in [1.807, 2.05) is 11.0 Å². The number of anilines is 2. The van der Waals surface area contributed by atoms with E-state index in [1.165, 1.54) is 12.3 Å². The molecule has 0 saturated carbocycles. The highest BCUT2D eigenvalue weighted by Gasteiger charge is 2.33. The number of hydrogen-bond acceptors (Lipinski definition) is 6. The number of rotatable bonds is 2. The third kappa shape index (κ3) is 3.74. The van der Waals surface area contributed by atoms with Crippen molar-refractivity contribution in [3.05, 3.63) is 40.8 Å². The molecule has 10 heteroatoms. The number of alkyl halides is 3. The van der Waals surface area contributed by atoms with E-state index in [1.54, 1.807) is 4.90 Å². The summed E-state index contributed by atoms with van der Waals surface area (Å²) in [6.07, 6.45) is -1.96. The van der Waals surface area contributed by atoms with Gasteiger partial charge in [0.05, 0.1) is 10.6 Å². The normalized spacial score (nSPS) is 15.2.